The second-order valence-electron chi connectivity index (χ2n) is 5.92. The van der Waals surface area contributed by atoms with Gasteiger partial charge in [0.05, 0.1) is 0 Å². The summed E-state index contributed by atoms with van der Waals surface area (Å²) in [5.74, 6) is -0.353. The van der Waals surface area contributed by atoms with Crippen LogP contribution < -0.4 is 0 Å². The molecule has 0 saturated heterocycles. The van der Waals surface area contributed by atoms with Crippen molar-refractivity contribution in [3.8, 4) is 0 Å². The Morgan fingerprint density at radius 3 is 2.61 bits per heavy atom. The van der Waals surface area contributed by atoms with Crippen LogP contribution in [0.5, 0.6) is 0 Å². The fraction of sp³-hybridized carbons (Fsp3) is 0.467. The number of fused-ring (bicyclic) bond motifs is 1. The van der Waals surface area contributed by atoms with Crippen LogP contribution in [0.4, 0.5) is 0 Å². The van der Waals surface area contributed by atoms with E-state index in [2.05, 4.69) is 31.7 Å². The molecule has 1 aliphatic rings. The van der Waals surface area contributed by atoms with Gasteiger partial charge in [0, 0.05) is 12.1 Å². The van der Waals surface area contributed by atoms with Crippen molar-refractivity contribution < 1.29 is 9.59 Å². The van der Waals surface area contributed by atoms with Crippen LogP contribution in [0.2, 0.25) is 0 Å². The first-order valence-corrected chi connectivity index (χ1v) is 6.20. The topological polar surface area (TPSA) is 37.4 Å². The standard InChI is InChI=1S/C15H19NO2/c1-10-5-6-11-8-16(15(2,3)4)14(12(11)7-10)13(18)9-17/h5-7,9,14H,8H2,1-4H3. The third-order valence-electron chi connectivity index (χ3n) is 3.50. The number of aryl methyl sites for hydroxylation is 1. The first-order valence-electron chi connectivity index (χ1n) is 6.20. The predicted octanol–water partition coefficient (Wildman–Crippen LogP) is 2.42. The van der Waals surface area contributed by atoms with Crippen LogP contribution in [-0.4, -0.2) is 22.5 Å². The maximum Gasteiger partial charge on any atom is 0.216 e. The summed E-state index contributed by atoms with van der Waals surface area (Å²) in [5, 5.41) is 0. The highest BCUT2D eigenvalue weighted by molar-refractivity contribution is 6.27. The van der Waals surface area contributed by atoms with Gasteiger partial charge in [-0.1, -0.05) is 23.8 Å². The number of aldehydes is 1. The van der Waals surface area contributed by atoms with Crippen LogP contribution in [0.25, 0.3) is 0 Å². The second kappa shape index (κ2) is 4.32. The summed E-state index contributed by atoms with van der Waals surface area (Å²) in [6.07, 6.45) is 0.445. The van der Waals surface area contributed by atoms with Crippen molar-refractivity contribution in [2.24, 2.45) is 0 Å². The Labute approximate surface area is 108 Å². The van der Waals surface area contributed by atoms with Gasteiger partial charge in [0.2, 0.25) is 5.78 Å². The summed E-state index contributed by atoms with van der Waals surface area (Å²) in [5.41, 5.74) is 3.11. The predicted molar refractivity (Wildman–Crippen MR) is 70.3 cm³/mol. The molecule has 3 heteroatoms. The normalized spacial score (nSPS) is 19.7. The molecule has 18 heavy (non-hydrogen) atoms. The number of Topliss-reactive ketones (excluding diaryl/α,β-unsaturated/α-hetero) is 1. The number of ketones is 1. The van der Waals surface area contributed by atoms with Crippen LogP contribution in [0.3, 0.4) is 0 Å². The largest absolute Gasteiger partial charge is 0.295 e. The monoisotopic (exact) mass is 245 g/mol. The van der Waals surface area contributed by atoms with E-state index in [0.717, 1.165) is 23.2 Å². The van der Waals surface area contributed by atoms with Gasteiger partial charge in [-0.15, -0.1) is 0 Å². The van der Waals surface area contributed by atoms with E-state index in [9.17, 15) is 9.59 Å². The van der Waals surface area contributed by atoms with Crippen molar-refractivity contribution >= 4 is 12.1 Å². The number of carbonyl (C=O) groups is 2. The maximum atomic E-state index is 11.9. The molecule has 0 N–H and O–H groups in total. The molecular weight excluding hydrogens is 226 g/mol. The molecule has 3 nitrogen and oxygen atoms in total. The van der Waals surface area contributed by atoms with Gasteiger partial charge in [0.1, 0.15) is 6.04 Å². The third kappa shape index (κ3) is 2.10. The average molecular weight is 245 g/mol. The summed E-state index contributed by atoms with van der Waals surface area (Å²) >= 11 is 0. The molecule has 1 atom stereocenters. The van der Waals surface area contributed by atoms with E-state index in [0.29, 0.717) is 6.29 Å². The van der Waals surface area contributed by atoms with Crippen LogP contribution in [0, 0.1) is 6.92 Å². The van der Waals surface area contributed by atoms with Crippen molar-refractivity contribution in [1.82, 2.24) is 4.90 Å². The number of carbonyl (C=O) groups excluding carboxylic acids is 2. The Morgan fingerprint density at radius 1 is 1.39 bits per heavy atom. The van der Waals surface area contributed by atoms with Crippen LogP contribution >= 0.6 is 0 Å². The number of nitrogens with zero attached hydrogens (tertiary/aromatic N) is 1. The molecule has 0 bridgehead atoms. The summed E-state index contributed by atoms with van der Waals surface area (Å²) in [7, 11) is 0. The molecule has 1 aromatic carbocycles. The van der Waals surface area contributed by atoms with E-state index < -0.39 is 6.04 Å². The molecule has 0 fully saturated rings. The average Bonchev–Trinajstić information content (AvgIpc) is 2.66. The zero-order valence-corrected chi connectivity index (χ0v) is 11.4. The Kier molecular flexibility index (Phi) is 3.11. The van der Waals surface area contributed by atoms with Crippen LogP contribution in [-0.2, 0) is 16.1 Å². The molecule has 2 rings (SSSR count). The van der Waals surface area contributed by atoms with E-state index in [4.69, 9.17) is 0 Å². The third-order valence-corrected chi connectivity index (χ3v) is 3.50. The van der Waals surface area contributed by atoms with Crippen molar-refractivity contribution in [3.63, 3.8) is 0 Å². The van der Waals surface area contributed by atoms with Crippen LogP contribution in [0.1, 0.15) is 43.5 Å². The summed E-state index contributed by atoms with van der Waals surface area (Å²) < 4.78 is 0. The smallest absolute Gasteiger partial charge is 0.216 e. The minimum absolute atomic E-state index is 0.143. The first kappa shape index (κ1) is 13.0. The molecule has 0 radical (unpaired) electrons. The minimum Gasteiger partial charge on any atom is -0.295 e. The molecule has 0 spiro atoms. The Bertz CT molecular complexity index is 500. The van der Waals surface area contributed by atoms with Gasteiger partial charge in [-0.3, -0.25) is 14.5 Å². The molecule has 0 amide bonds. The summed E-state index contributed by atoms with van der Waals surface area (Å²) in [4.78, 5) is 24.9. The number of hydrogen-bond donors (Lipinski definition) is 0. The molecule has 1 aromatic rings. The lowest BCUT2D eigenvalue weighted by Gasteiger charge is -2.35. The SMILES string of the molecule is Cc1ccc2c(c1)C(C(=O)C=O)N(C(C)(C)C)C2. The lowest BCUT2D eigenvalue weighted by atomic mass is 9.97. The van der Waals surface area contributed by atoms with Crippen molar-refractivity contribution in [3.05, 3.63) is 34.9 Å². The molecule has 96 valence electrons. The van der Waals surface area contributed by atoms with Gasteiger partial charge < -0.3 is 0 Å². The Hall–Kier alpha value is -1.48. The number of benzene rings is 1. The van der Waals surface area contributed by atoms with E-state index >= 15 is 0 Å². The first-order chi connectivity index (χ1) is 8.34. The van der Waals surface area contributed by atoms with E-state index in [-0.39, 0.29) is 11.3 Å². The van der Waals surface area contributed by atoms with Crippen molar-refractivity contribution in [1.29, 1.82) is 0 Å². The number of rotatable bonds is 2. The van der Waals surface area contributed by atoms with E-state index in [1.54, 1.807) is 0 Å². The highest BCUT2D eigenvalue weighted by atomic mass is 16.2. The van der Waals surface area contributed by atoms with Crippen LogP contribution in [0.15, 0.2) is 18.2 Å². The van der Waals surface area contributed by atoms with Gasteiger partial charge in [-0.05, 0) is 38.8 Å². The highest BCUT2D eigenvalue weighted by Crippen LogP contribution is 2.39. The fourth-order valence-corrected chi connectivity index (χ4v) is 2.55. The van der Waals surface area contributed by atoms with Gasteiger partial charge in [-0.2, -0.15) is 0 Å². The van der Waals surface area contributed by atoms with Crippen molar-refractivity contribution in [2.75, 3.05) is 0 Å². The fourth-order valence-electron chi connectivity index (χ4n) is 2.55. The lowest BCUT2D eigenvalue weighted by Crippen LogP contribution is -2.42. The lowest BCUT2D eigenvalue weighted by molar-refractivity contribution is -0.134. The maximum absolute atomic E-state index is 11.9. The van der Waals surface area contributed by atoms with E-state index in [1.807, 2.05) is 19.1 Å². The van der Waals surface area contributed by atoms with Gasteiger partial charge in [-0.25, -0.2) is 0 Å². The number of hydrogen-bond acceptors (Lipinski definition) is 3. The molecule has 1 heterocycles. The molecule has 1 aliphatic heterocycles. The second-order valence-corrected chi connectivity index (χ2v) is 5.92. The Balaban J connectivity index is 2.51. The van der Waals surface area contributed by atoms with E-state index in [1.165, 1.54) is 0 Å². The highest BCUT2D eigenvalue weighted by Gasteiger charge is 2.40. The molecule has 0 aromatic heterocycles. The summed E-state index contributed by atoms with van der Waals surface area (Å²) in [6.45, 7) is 8.93. The van der Waals surface area contributed by atoms with Gasteiger partial charge >= 0.3 is 0 Å². The van der Waals surface area contributed by atoms with Gasteiger partial charge in [0.25, 0.3) is 0 Å². The summed E-state index contributed by atoms with van der Waals surface area (Å²) in [6, 6.07) is 5.71. The zero-order valence-electron chi connectivity index (χ0n) is 11.4. The quantitative estimate of drug-likeness (QED) is 0.593. The minimum atomic E-state index is -0.419. The molecular formula is C15H19NO2. The van der Waals surface area contributed by atoms with Gasteiger partial charge in [0.15, 0.2) is 6.29 Å². The molecule has 1 unspecified atom stereocenters. The molecule has 0 aliphatic carbocycles. The van der Waals surface area contributed by atoms with Crippen molar-refractivity contribution in [2.45, 2.75) is 45.8 Å². The molecule has 0 saturated carbocycles. The zero-order chi connectivity index (χ0) is 13.5. The Morgan fingerprint density at radius 2 is 2.06 bits per heavy atom.